The molecule has 7 aromatic rings. The molecule has 1 nitrogen and oxygen atoms in total. The van der Waals surface area contributed by atoms with Crippen LogP contribution in [-0.2, 0) is 0 Å². The molecule has 0 spiro atoms. The third-order valence-electron chi connectivity index (χ3n) is 7.47. The Labute approximate surface area is 216 Å². The van der Waals surface area contributed by atoms with Crippen molar-refractivity contribution in [2.75, 3.05) is 0 Å². The number of fused-ring (bicyclic) bond motifs is 3. The van der Waals surface area contributed by atoms with Crippen LogP contribution >= 0.6 is 0 Å². The number of benzene rings is 6. The van der Waals surface area contributed by atoms with Crippen LogP contribution in [0.15, 0.2) is 134 Å². The summed E-state index contributed by atoms with van der Waals surface area (Å²) in [6, 6.07) is 44.2. The van der Waals surface area contributed by atoms with Crippen LogP contribution in [0.5, 0.6) is 0 Å². The number of pyridine rings is 1. The van der Waals surface area contributed by atoms with Crippen LogP contribution in [-0.4, -0.2) is 4.98 Å². The first-order valence-corrected chi connectivity index (χ1v) is 12.7. The Bertz CT molecular complexity index is 1870. The standard InChI is InChI=1S/C36H25N/c1-24-23-37-21-20-30(24)26-15-17-27(18-16-26)35-31-10-4-6-12-33(31)36(34-13-7-5-11-32(34)35)29-19-14-25-8-2-3-9-28(25)22-29/h2-23H,1H3. The van der Waals surface area contributed by atoms with Gasteiger partial charge in [-0.2, -0.15) is 0 Å². The van der Waals surface area contributed by atoms with Gasteiger partial charge in [-0.25, -0.2) is 0 Å². The lowest BCUT2D eigenvalue weighted by Gasteiger charge is -2.18. The SMILES string of the molecule is Cc1cnccc1-c1ccc(-c2c3ccccc3c(-c3ccc4ccccc4c3)c3ccccc23)cc1. The van der Waals surface area contributed by atoms with Gasteiger partial charge in [-0.3, -0.25) is 4.98 Å². The van der Waals surface area contributed by atoms with Gasteiger partial charge in [0, 0.05) is 12.4 Å². The van der Waals surface area contributed by atoms with Gasteiger partial charge >= 0.3 is 0 Å². The molecular weight excluding hydrogens is 446 g/mol. The number of aryl methyl sites for hydroxylation is 1. The first-order chi connectivity index (χ1) is 18.3. The molecule has 0 aliphatic heterocycles. The summed E-state index contributed by atoms with van der Waals surface area (Å²) in [5, 5.41) is 7.63. The second kappa shape index (κ2) is 8.72. The van der Waals surface area contributed by atoms with E-state index in [4.69, 9.17) is 0 Å². The summed E-state index contributed by atoms with van der Waals surface area (Å²) >= 11 is 0. The van der Waals surface area contributed by atoms with Crippen molar-refractivity contribution in [3.8, 4) is 33.4 Å². The van der Waals surface area contributed by atoms with Gasteiger partial charge < -0.3 is 0 Å². The Morgan fingerprint density at radius 2 is 0.973 bits per heavy atom. The van der Waals surface area contributed by atoms with Crippen molar-refractivity contribution >= 4 is 32.3 Å². The number of hydrogen-bond acceptors (Lipinski definition) is 1. The van der Waals surface area contributed by atoms with Crippen LogP contribution in [0, 0.1) is 6.92 Å². The van der Waals surface area contributed by atoms with E-state index in [9.17, 15) is 0 Å². The first-order valence-electron chi connectivity index (χ1n) is 12.7. The largest absolute Gasteiger partial charge is 0.264 e. The van der Waals surface area contributed by atoms with Crippen molar-refractivity contribution in [3.05, 3.63) is 139 Å². The molecule has 6 aromatic carbocycles. The van der Waals surface area contributed by atoms with Crippen LogP contribution in [0.25, 0.3) is 65.7 Å². The molecule has 0 aliphatic rings. The smallest absolute Gasteiger partial charge is 0.0303 e. The Morgan fingerprint density at radius 1 is 0.459 bits per heavy atom. The lowest BCUT2D eigenvalue weighted by Crippen LogP contribution is -1.91. The lowest BCUT2D eigenvalue weighted by molar-refractivity contribution is 1.27. The van der Waals surface area contributed by atoms with E-state index in [2.05, 4.69) is 133 Å². The molecular formula is C36H25N. The van der Waals surface area contributed by atoms with Gasteiger partial charge in [0.1, 0.15) is 0 Å². The van der Waals surface area contributed by atoms with Crippen molar-refractivity contribution in [3.63, 3.8) is 0 Å². The molecule has 1 heteroatoms. The summed E-state index contributed by atoms with van der Waals surface area (Å²) in [5.74, 6) is 0. The number of aromatic nitrogens is 1. The molecule has 7 rings (SSSR count). The van der Waals surface area contributed by atoms with E-state index >= 15 is 0 Å². The van der Waals surface area contributed by atoms with E-state index < -0.39 is 0 Å². The highest BCUT2D eigenvalue weighted by Crippen LogP contribution is 2.44. The molecule has 0 amide bonds. The molecule has 0 saturated heterocycles. The van der Waals surface area contributed by atoms with Crippen LogP contribution in [0.1, 0.15) is 5.56 Å². The Balaban J connectivity index is 1.49. The van der Waals surface area contributed by atoms with Gasteiger partial charge in [-0.15, -0.1) is 0 Å². The zero-order chi connectivity index (χ0) is 24.8. The van der Waals surface area contributed by atoms with E-state index in [1.54, 1.807) is 0 Å². The van der Waals surface area contributed by atoms with Crippen molar-refractivity contribution in [2.45, 2.75) is 6.92 Å². The fourth-order valence-corrected chi connectivity index (χ4v) is 5.71. The molecule has 0 radical (unpaired) electrons. The summed E-state index contributed by atoms with van der Waals surface area (Å²) in [7, 11) is 0. The molecule has 37 heavy (non-hydrogen) atoms. The Kier molecular flexibility index (Phi) is 5.08. The summed E-state index contributed by atoms with van der Waals surface area (Å²) < 4.78 is 0. The fraction of sp³-hybridized carbons (Fsp3) is 0.0278. The van der Waals surface area contributed by atoms with Crippen LogP contribution in [0.2, 0.25) is 0 Å². The topological polar surface area (TPSA) is 12.9 Å². The normalized spacial score (nSPS) is 11.4. The molecule has 0 bridgehead atoms. The number of hydrogen-bond donors (Lipinski definition) is 0. The van der Waals surface area contributed by atoms with Gasteiger partial charge in [0.15, 0.2) is 0 Å². The molecule has 0 saturated carbocycles. The minimum atomic E-state index is 1.19. The van der Waals surface area contributed by atoms with Gasteiger partial charge in [-0.05, 0) is 90.3 Å². The maximum absolute atomic E-state index is 4.25. The maximum atomic E-state index is 4.25. The molecule has 0 aliphatic carbocycles. The third kappa shape index (κ3) is 3.59. The van der Waals surface area contributed by atoms with E-state index in [-0.39, 0.29) is 0 Å². The number of nitrogens with zero attached hydrogens (tertiary/aromatic N) is 1. The summed E-state index contributed by atoms with van der Waals surface area (Å²) in [5.41, 5.74) is 8.69. The van der Waals surface area contributed by atoms with Gasteiger partial charge in [0.2, 0.25) is 0 Å². The molecule has 0 fully saturated rings. The minimum absolute atomic E-state index is 1.19. The predicted molar refractivity (Wildman–Crippen MR) is 158 cm³/mol. The predicted octanol–water partition coefficient (Wildman–Crippen LogP) is 9.85. The highest BCUT2D eigenvalue weighted by Gasteiger charge is 2.16. The zero-order valence-corrected chi connectivity index (χ0v) is 20.6. The van der Waals surface area contributed by atoms with E-state index in [1.807, 2.05) is 12.4 Å². The summed E-state index contributed by atoms with van der Waals surface area (Å²) in [4.78, 5) is 4.25. The second-order valence-electron chi connectivity index (χ2n) is 9.67. The first kappa shape index (κ1) is 21.5. The highest BCUT2D eigenvalue weighted by molar-refractivity contribution is 6.21. The molecule has 0 atom stereocenters. The minimum Gasteiger partial charge on any atom is -0.264 e. The zero-order valence-electron chi connectivity index (χ0n) is 20.6. The van der Waals surface area contributed by atoms with E-state index in [0.717, 1.165) is 0 Å². The van der Waals surface area contributed by atoms with E-state index in [0.29, 0.717) is 0 Å². The van der Waals surface area contributed by atoms with Gasteiger partial charge in [-0.1, -0.05) is 109 Å². The van der Waals surface area contributed by atoms with Crippen molar-refractivity contribution in [1.82, 2.24) is 4.98 Å². The maximum Gasteiger partial charge on any atom is 0.0303 e. The summed E-state index contributed by atoms with van der Waals surface area (Å²) in [6.45, 7) is 2.11. The van der Waals surface area contributed by atoms with Crippen molar-refractivity contribution < 1.29 is 0 Å². The summed E-state index contributed by atoms with van der Waals surface area (Å²) in [6.07, 6.45) is 3.79. The van der Waals surface area contributed by atoms with Crippen LogP contribution in [0.4, 0.5) is 0 Å². The van der Waals surface area contributed by atoms with Crippen LogP contribution in [0.3, 0.4) is 0 Å². The van der Waals surface area contributed by atoms with Gasteiger partial charge in [0.05, 0.1) is 0 Å². The van der Waals surface area contributed by atoms with Crippen molar-refractivity contribution in [2.24, 2.45) is 0 Å². The second-order valence-corrected chi connectivity index (χ2v) is 9.67. The Hall–Kier alpha value is -4.75. The monoisotopic (exact) mass is 471 g/mol. The Morgan fingerprint density at radius 3 is 1.59 bits per heavy atom. The quantitative estimate of drug-likeness (QED) is 0.234. The number of rotatable bonds is 3. The average Bonchev–Trinajstić information content (AvgIpc) is 2.96. The van der Waals surface area contributed by atoms with E-state index in [1.165, 1.54) is 71.3 Å². The van der Waals surface area contributed by atoms with Crippen LogP contribution < -0.4 is 0 Å². The fourth-order valence-electron chi connectivity index (χ4n) is 5.71. The lowest BCUT2D eigenvalue weighted by atomic mass is 9.85. The molecule has 174 valence electrons. The highest BCUT2D eigenvalue weighted by atomic mass is 14.6. The van der Waals surface area contributed by atoms with Gasteiger partial charge in [0.25, 0.3) is 0 Å². The molecule has 0 unspecified atom stereocenters. The average molecular weight is 472 g/mol. The molecule has 1 aromatic heterocycles. The molecule has 1 heterocycles. The third-order valence-corrected chi connectivity index (χ3v) is 7.47. The molecule has 0 N–H and O–H groups in total. The van der Waals surface area contributed by atoms with Crippen molar-refractivity contribution in [1.29, 1.82) is 0 Å².